The summed E-state index contributed by atoms with van der Waals surface area (Å²) in [6.07, 6.45) is 1.38. The van der Waals surface area contributed by atoms with E-state index in [0.29, 0.717) is 17.3 Å². The summed E-state index contributed by atoms with van der Waals surface area (Å²) in [6, 6.07) is 3.25. The fourth-order valence-electron chi connectivity index (χ4n) is 1.36. The van der Waals surface area contributed by atoms with Gasteiger partial charge in [-0.05, 0) is 12.1 Å². The van der Waals surface area contributed by atoms with E-state index < -0.39 is 0 Å². The van der Waals surface area contributed by atoms with Gasteiger partial charge in [0.15, 0.2) is 0 Å². The van der Waals surface area contributed by atoms with Crippen molar-refractivity contribution in [2.24, 2.45) is 0 Å². The van der Waals surface area contributed by atoms with Crippen LogP contribution < -0.4 is 0 Å². The van der Waals surface area contributed by atoms with E-state index in [1.54, 1.807) is 12.1 Å². The highest BCUT2D eigenvalue weighted by Gasteiger charge is 2.25. The van der Waals surface area contributed by atoms with E-state index in [1.807, 2.05) is 6.92 Å². The van der Waals surface area contributed by atoms with Crippen molar-refractivity contribution < 1.29 is 13.4 Å². The summed E-state index contributed by atoms with van der Waals surface area (Å²) in [5, 5.41) is 0.417. The van der Waals surface area contributed by atoms with Crippen molar-refractivity contribution in [1.82, 2.24) is 4.98 Å². The number of hydrogen-bond donors (Lipinski definition) is 0. The molecule has 1 unspecified atom stereocenters. The monoisotopic (exact) mass is 263 g/mol. The maximum Gasteiger partial charge on any atom is 0.340 e. The third-order valence-electron chi connectivity index (χ3n) is 2.04. The molecular formula is C10H11ClFNO2S. The molecule has 2 heterocycles. The van der Waals surface area contributed by atoms with Crippen molar-refractivity contribution in [2.45, 2.75) is 12.8 Å². The van der Waals surface area contributed by atoms with Gasteiger partial charge in [-0.3, -0.25) is 0 Å². The molecule has 0 saturated carbocycles. The van der Waals surface area contributed by atoms with Gasteiger partial charge in [-0.15, -0.1) is 0 Å². The van der Waals surface area contributed by atoms with E-state index in [0.717, 1.165) is 5.69 Å². The normalized spacial score (nSPS) is 18.0. The first-order valence-corrected chi connectivity index (χ1v) is 6.08. The summed E-state index contributed by atoms with van der Waals surface area (Å²) in [4.78, 5) is 15.3. The molecule has 0 spiro atoms. The standard InChI is InChI=1S/C9H8ClNO2.CH3FS/c1-5-4-13-9(12)6-2-3-7(10)11-8(5)6;1-3-2/h2-3,5H,4H2,1H3;1H3. The number of halogens is 2. The van der Waals surface area contributed by atoms with E-state index in [9.17, 15) is 8.68 Å². The SMILES string of the molecule is CC1COC(=O)c2ccc(Cl)nc21.CSF. The molecule has 1 atom stereocenters. The highest BCUT2D eigenvalue weighted by atomic mass is 35.5. The molecule has 0 saturated heterocycles. The summed E-state index contributed by atoms with van der Waals surface area (Å²) < 4.78 is 15.1. The smallest absolute Gasteiger partial charge is 0.340 e. The van der Waals surface area contributed by atoms with Crippen LogP contribution in [0.5, 0.6) is 0 Å². The maximum absolute atomic E-state index is 11.2. The molecule has 88 valence electrons. The second-order valence-electron chi connectivity index (χ2n) is 3.22. The van der Waals surface area contributed by atoms with Crippen LogP contribution in [-0.4, -0.2) is 23.8 Å². The maximum atomic E-state index is 11.2. The van der Waals surface area contributed by atoms with Crippen molar-refractivity contribution in [2.75, 3.05) is 12.9 Å². The minimum Gasteiger partial charge on any atom is -0.461 e. The van der Waals surface area contributed by atoms with Gasteiger partial charge >= 0.3 is 5.97 Å². The van der Waals surface area contributed by atoms with Gasteiger partial charge in [0.05, 0.1) is 17.9 Å². The molecule has 0 bridgehead atoms. The van der Waals surface area contributed by atoms with Gasteiger partial charge < -0.3 is 4.74 Å². The Labute approximate surface area is 103 Å². The number of rotatable bonds is 0. The van der Waals surface area contributed by atoms with Crippen LogP contribution in [0.1, 0.15) is 28.9 Å². The molecule has 0 fully saturated rings. The van der Waals surface area contributed by atoms with Crippen molar-refractivity contribution in [3.05, 3.63) is 28.5 Å². The highest BCUT2D eigenvalue weighted by Crippen LogP contribution is 2.25. The third kappa shape index (κ3) is 3.09. The van der Waals surface area contributed by atoms with E-state index in [1.165, 1.54) is 6.26 Å². The molecule has 1 aromatic rings. The molecule has 0 radical (unpaired) electrons. The summed E-state index contributed by atoms with van der Waals surface area (Å²) in [6.45, 7) is 2.34. The Morgan fingerprint density at radius 3 is 2.88 bits per heavy atom. The van der Waals surface area contributed by atoms with Crippen LogP contribution in [0.4, 0.5) is 3.89 Å². The second-order valence-corrected chi connectivity index (χ2v) is 3.92. The summed E-state index contributed by atoms with van der Waals surface area (Å²) >= 11 is 5.98. The number of aromatic nitrogens is 1. The molecule has 0 aromatic carbocycles. The van der Waals surface area contributed by atoms with Crippen LogP contribution in [0.15, 0.2) is 12.1 Å². The van der Waals surface area contributed by atoms with Gasteiger partial charge in [0, 0.05) is 24.3 Å². The predicted molar refractivity (Wildman–Crippen MR) is 62.6 cm³/mol. The number of nitrogens with zero attached hydrogens (tertiary/aromatic N) is 1. The average Bonchev–Trinajstić information content (AvgIpc) is 2.25. The molecule has 16 heavy (non-hydrogen) atoms. The van der Waals surface area contributed by atoms with E-state index >= 15 is 0 Å². The zero-order valence-corrected chi connectivity index (χ0v) is 10.4. The van der Waals surface area contributed by atoms with Crippen molar-refractivity contribution in [3.8, 4) is 0 Å². The van der Waals surface area contributed by atoms with Crippen molar-refractivity contribution in [1.29, 1.82) is 0 Å². The van der Waals surface area contributed by atoms with E-state index in [2.05, 4.69) is 4.98 Å². The van der Waals surface area contributed by atoms with Crippen molar-refractivity contribution in [3.63, 3.8) is 0 Å². The van der Waals surface area contributed by atoms with Gasteiger partial charge in [-0.25, -0.2) is 9.78 Å². The molecular weight excluding hydrogens is 253 g/mol. The minimum absolute atomic E-state index is 0.131. The Hall–Kier alpha value is -0.810. The van der Waals surface area contributed by atoms with E-state index in [-0.39, 0.29) is 24.0 Å². The number of fused-ring (bicyclic) bond motifs is 1. The van der Waals surface area contributed by atoms with Crippen LogP contribution >= 0.6 is 23.7 Å². The number of pyridine rings is 1. The molecule has 0 aliphatic carbocycles. The Kier molecular flexibility index (Phi) is 5.02. The first-order chi connectivity index (χ1) is 7.60. The van der Waals surface area contributed by atoms with Gasteiger partial charge in [-0.1, -0.05) is 18.5 Å². The zero-order valence-electron chi connectivity index (χ0n) is 8.87. The lowest BCUT2D eigenvalue weighted by Crippen LogP contribution is -2.22. The van der Waals surface area contributed by atoms with E-state index in [4.69, 9.17) is 16.3 Å². The first-order valence-electron chi connectivity index (χ1n) is 4.58. The average molecular weight is 264 g/mol. The van der Waals surface area contributed by atoms with Crippen LogP contribution in [-0.2, 0) is 4.74 Å². The summed E-state index contributed by atoms with van der Waals surface area (Å²) in [7, 11) is 0. The third-order valence-corrected chi connectivity index (χ3v) is 2.25. The number of ether oxygens (including phenoxy) is 1. The van der Waals surface area contributed by atoms with Crippen LogP contribution in [0.25, 0.3) is 0 Å². The largest absolute Gasteiger partial charge is 0.461 e. The Morgan fingerprint density at radius 2 is 2.25 bits per heavy atom. The fourth-order valence-corrected chi connectivity index (χ4v) is 1.51. The molecule has 6 heteroatoms. The molecule has 1 aromatic heterocycles. The van der Waals surface area contributed by atoms with Crippen LogP contribution in [0.2, 0.25) is 5.15 Å². The Bertz CT molecular complexity index is 389. The Balaban J connectivity index is 0.000000386. The van der Waals surface area contributed by atoms with Crippen molar-refractivity contribution >= 4 is 29.7 Å². The van der Waals surface area contributed by atoms with Gasteiger partial charge in [0.25, 0.3) is 0 Å². The van der Waals surface area contributed by atoms with Crippen LogP contribution in [0.3, 0.4) is 0 Å². The lowest BCUT2D eigenvalue weighted by molar-refractivity contribution is 0.0445. The molecule has 0 amide bonds. The molecule has 1 aliphatic rings. The zero-order chi connectivity index (χ0) is 12.1. The Morgan fingerprint density at radius 1 is 1.62 bits per heavy atom. The number of carbonyl (C=O) groups excluding carboxylic acids is 1. The molecule has 1 aliphatic heterocycles. The number of cyclic esters (lactones) is 1. The predicted octanol–water partition coefficient (Wildman–Crippen LogP) is 3.24. The highest BCUT2D eigenvalue weighted by molar-refractivity contribution is 7.93. The van der Waals surface area contributed by atoms with Gasteiger partial charge in [-0.2, -0.15) is 3.89 Å². The fraction of sp³-hybridized carbons (Fsp3) is 0.400. The minimum atomic E-state index is -0.308. The summed E-state index contributed by atoms with van der Waals surface area (Å²) in [5.41, 5.74) is 1.27. The lowest BCUT2D eigenvalue weighted by atomic mass is 10.0. The number of esters is 1. The topological polar surface area (TPSA) is 39.2 Å². The molecule has 2 rings (SSSR count). The number of hydrogen-bond acceptors (Lipinski definition) is 4. The quantitative estimate of drug-likeness (QED) is 0.532. The number of carbonyl (C=O) groups is 1. The van der Waals surface area contributed by atoms with Crippen LogP contribution in [0, 0.1) is 0 Å². The molecule has 0 N–H and O–H groups in total. The van der Waals surface area contributed by atoms with Gasteiger partial charge in [0.2, 0.25) is 0 Å². The lowest BCUT2D eigenvalue weighted by Gasteiger charge is -2.20. The van der Waals surface area contributed by atoms with Gasteiger partial charge in [0.1, 0.15) is 5.15 Å². The first kappa shape index (κ1) is 13.3. The summed E-state index contributed by atoms with van der Waals surface area (Å²) in [5.74, 6) is -0.177. The molecule has 3 nitrogen and oxygen atoms in total. The second kappa shape index (κ2) is 6.06.